The van der Waals surface area contributed by atoms with Gasteiger partial charge in [0.2, 0.25) is 5.88 Å². The molecule has 0 aliphatic rings. The summed E-state index contributed by atoms with van der Waals surface area (Å²) in [5.74, 6) is 2.80. The van der Waals surface area contributed by atoms with E-state index in [1.54, 1.807) is 0 Å². The molecule has 0 aliphatic heterocycles. The number of hydrogen-bond donors (Lipinski definition) is 1. The van der Waals surface area contributed by atoms with Crippen molar-refractivity contribution in [2.24, 2.45) is 0 Å². The average Bonchev–Trinajstić information content (AvgIpc) is 2.37. The summed E-state index contributed by atoms with van der Waals surface area (Å²) in [6.07, 6.45) is 0. The fraction of sp³-hybridized carbons (Fsp3) is 0.333. The van der Waals surface area contributed by atoms with Crippen molar-refractivity contribution in [2.75, 3.05) is 12.4 Å². The monoisotopic (exact) mass is 291 g/mol. The molecule has 1 aromatic carbocycles. The van der Waals surface area contributed by atoms with Gasteiger partial charge in [0.1, 0.15) is 17.4 Å². The van der Waals surface area contributed by atoms with Crippen LogP contribution in [-0.4, -0.2) is 17.0 Å². The predicted octanol–water partition coefficient (Wildman–Crippen LogP) is 4.20. The van der Waals surface area contributed by atoms with E-state index in [1.807, 2.05) is 46.9 Å². The molecule has 0 amide bonds. The lowest BCUT2D eigenvalue weighted by Crippen LogP contribution is -2.04. The van der Waals surface area contributed by atoms with Gasteiger partial charge >= 0.3 is 0 Å². The minimum atomic E-state index is 0.565. The summed E-state index contributed by atoms with van der Waals surface area (Å²) in [6, 6.07) is 3.76. The lowest BCUT2D eigenvalue weighted by atomic mass is 10.1. The Kier molecular flexibility index (Phi) is 4.14. The van der Waals surface area contributed by atoms with Crippen LogP contribution in [0.4, 0.5) is 5.82 Å². The summed E-state index contributed by atoms with van der Waals surface area (Å²) in [7, 11) is 1.83. The minimum absolute atomic E-state index is 0.565. The lowest BCUT2D eigenvalue weighted by Gasteiger charge is -2.15. The first-order valence-corrected chi connectivity index (χ1v) is 6.77. The molecule has 1 heterocycles. The van der Waals surface area contributed by atoms with Crippen LogP contribution in [0.15, 0.2) is 12.1 Å². The van der Waals surface area contributed by atoms with Crippen LogP contribution in [0.1, 0.15) is 22.5 Å². The summed E-state index contributed by atoms with van der Waals surface area (Å²) < 4.78 is 6.00. The topological polar surface area (TPSA) is 47.0 Å². The Morgan fingerprint density at radius 3 is 2.20 bits per heavy atom. The summed E-state index contributed by atoms with van der Waals surface area (Å²) in [6.45, 7) is 7.71. The second-order valence-electron chi connectivity index (χ2n) is 4.77. The molecule has 0 fully saturated rings. The number of anilines is 1. The fourth-order valence-electron chi connectivity index (χ4n) is 2.10. The zero-order chi connectivity index (χ0) is 14.9. The standard InChI is InChI=1S/C15H18ClN3O/c1-8-6-12(16)7-9(2)13(8)20-15-10(3)14(17-5)18-11(4)19-15/h6-7H,1-5H3,(H,17,18,19). The molecule has 0 aliphatic carbocycles. The summed E-state index contributed by atoms with van der Waals surface area (Å²) in [5.41, 5.74) is 2.85. The number of aromatic nitrogens is 2. The summed E-state index contributed by atoms with van der Waals surface area (Å²) in [4.78, 5) is 8.70. The van der Waals surface area contributed by atoms with Crippen LogP contribution in [-0.2, 0) is 0 Å². The van der Waals surface area contributed by atoms with E-state index in [2.05, 4.69) is 15.3 Å². The molecule has 0 radical (unpaired) electrons. The maximum absolute atomic E-state index is 6.04. The quantitative estimate of drug-likeness (QED) is 0.921. The molecule has 2 aromatic rings. The molecule has 0 saturated heterocycles. The van der Waals surface area contributed by atoms with E-state index < -0.39 is 0 Å². The molecule has 0 atom stereocenters. The number of aryl methyl sites for hydroxylation is 3. The highest BCUT2D eigenvalue weighted by molar-refractivity contribution is 6.30. The Morgan fingerprint density at radius 2 is 1.65 bits per heavy atom. The Morgan fingerprint density at radius 1 is 1.05 bits per heavy atom. The van der Waals surface area contributed by atoms with E-state index in [0.29, 0.717) is 16.7 Å². The second kappa shape index (κ2) is 5.67. The fourth-order valence-corrected chi connectivity index (χ4v) is 2.43. The van der Waals surface area contributed by atoms with Crippen molar-refractivity contribution in [2.45, 2.75) is 27.7 Å². The maximum Gasteiger partial charge on any atom is 0.227 e. The van der Waals surface area contributed by atoms with Crippen LogP contribution in [0, 0.1) is 27.7 Å². The number of nitrogens with one attached hydrogen (secondary N) is 1. The van der Waals surface area contributed by atoms with Gasteiger partial charge in [0.15, 0.2) is 0 Å². The molecule has 0 bridgehead atoms. The highest BCUT2D eigenvalue weighted by Gasteiger charge is 2.13. The Labute approximate surface area is 124 Å². The maximum atomic E-state index is 6.04. The Hall–Kier alpha value is -1.81. The van der Waals surface area contributed by atoms with Gasteiger partial charge in [0, 0.05) is 12.1 Å². The molecule has 20 heavy (non-hydrogen) atoms. The zero-order valence-electron chi connectivity index (χ0n) is 12.3. The van der Waals surface area contributed by atoms with Gasteiger partial charge in [-0.2, -0.15) is 4.98 Å². The van der Waals surface area contributed by atoms with Gasteiger partial charge in [-0.05, 0) is 51.0 Å². The van der Waals surface area contributed by atoms with Crippen molar-refractivity contribution in [3.05, 3.63) is 39.7 Å². The number of ether oxygens (including phenoxy) is 1. The highest BCUT2D eigenvalue weighted by atomic mass is 35.5. The van der Waals surface area contributed by atoms with Crippen molar-refractivity contribution in [3.8, 4) is 11.6 Å². The number of hydrogen-bond acceptors (Lipinski definition) is 4. The largest absolute Gasteiger partial charge is 0.438 e. The van der Waals surface area contributed by atoms with Gasteiger partial charge < -0.3 is 10.1 Å². The molecule has 0 unspecified atom stereocenters. The molecule has 5 heteroatoms. The Balaban J connectivity index is 2.48. The predicted molar refractivity (Wildman–Crippen MR) is 82.1 cm³/mol. The van der Waals surface area contributed by atoms with Crippen molar-refractivity contribution in [3.63, 3.8) is 0 Å². The second-order valence-corrected chi connectivity index (χ2v) is 5.21. The van der Waals surface area contributed by atoms with E-state index in [9.17, 15) is 0 Å². The van der Waals surface area contributed by atoms with Crippen LogP contribution in [0.5, 0.6) is 11.6 Å². The highest BCUT2D eigenvalue weighted by Crippen LogP contribution is 2.33. The molecular formula is C15H18ClN3O. The first kappa shape index (κ1) is 14.6. The van der Waals surface area contributed by atoms with Crippen LogP contribution in [0.3, 0.4) is 0 Å². The van der Waals surface area contributed by atoms with E-state index >= 15 is 0 Å². The van der Waals surface area contributed by atoms with Gasteiger partial charge in [-0.1, -0.05) is 11.6 Å². The normalized spacial score (nSPS) is 10.5. The molecule has 0 spiro atoms. The Bertz CT molecular complexity index is 633. The molecule has 0 saturated carbocycles. The lowest BCUT2D eigenvalue weighted by molar-refractivity contribution is 0.449. The average molecular weight is 292 g/mol. The SMILES string of the molecule is CNc1nc(C)nc(Oc2c(C)cc(Cl)cc2C)c1C. The van der Waals surface area contributed by atoms with Crippen molar-refractivity contribution >= 4 is 17.4 Å². The van der Waals surface area contributed by atoms with Crippen LogP contribution in [0.2, 0.25) is 5.02 Å². The first-order valence-electron chi connectivity index (χ1n) is 6.40. The van der Waals surface area contributed by atoms with Crippen LogP contribution < -0.4 is 10.1 Å². The number of nitrogens with zero attached hydrogens (tertiary/aromatic N) is 2. The molecular weight excluding hydrogens is 274 g/mol. The molecule has 4 nitrogen and oxygen atoms in total. The van der Waals surface area contributed by atoms with Gasteiger partial charge in [0.25, 0.3) is 0 Å². The van der Waals surface area contributed by atoms with Crippen LogP contribution in [0.25, 0.3) is 0 Å². The number of halogens is 1. The van der Waals surface area contributed by atoms with E-state index in [0.717, 1.165) is 28.3 Å². The van der Waals surface area contributed by atoms with E-state index in [1.165, 1.54) is 0 Å². The smallest absolute Gasteiger partial charge is 0.227 e. The summed E-state index contributed by atoms with van der Waals surface area (Å²) in [5, 5.41) is 3.76. The van der Waals surface area contributed by atoms with Gasteiger partial charge in [-0.3, -0.25) is 0 Å². The van der Waals surface area contributed by atoms with Crippen LogP contribution >= 0.6 is 11.6 Å². The molecule has 1 aromatic heterocycles. The number of rotatable bonds is 3. The molecule has 106 valence electrons. The van der Waals surface area contributed by atoms with Gasteiger partial charge in [-0.25, -0.2) is 4.98 Å². The van der Waals surface area contributed by atoms with Crippen molar-refractivity contribution in [1.29, 1.82) is 0 Å². The minimum Gasteiger partial charge on any atom is -0.438 e. The van der Waals surface area contributed by atoms with Gasteiger partial charge in [-0.15, -0.1) is 0 Å². The third-order valence-electron chi connectivity index (χ3n) is 3.07. The first-order chi connectivity index (χ1) is 9.42. The van der Waals surface area contributed by atoms with E-state index in [-0.39, 0.29) is 0 Å². The molecule has 1 N–H and O–H groups in total. The zero-order valence-corrected chi connectivity index (χ0v) is 13.1. The van der Waals surface area contributed by atoms with Crippen molar-refractivity contribution in [1.82, 2.24) is 9.97 Å². The summed E-state index contributed by atoms with van der Waals surface area (Å²) >= 11 is 6.04. The van der Waals surface area contributed by atoms with Gasteiger partial charge in [0.05, 0.1) is 5.56 Å². The van der Waals surface area contributed by atoms with E-state index in [4.69, 9.17) is 16.3 Å². The number of benzene rings is 1. The van der Waals surface area contributed by atoms with Crippen molar-refractivity contribution < 1.29 is 4.74 Å². The third-order valence-corrected chi connectivity index (χ3v) is 3.29. The molecule has 2 rings (SSSR count). The third kappa shape index (κ3) is 2.85.